The molecule has 5 heteroatoms. The van der Waals surface area contributed by atoms with Crippen LogP contribution in [0.1, 0.15) is 24.9 Å². The largest absolute Gasteiger partial charge is 0.486 e. The Morgan fingerprint density at radius 3 is 3.06 bits per heavy atom. The molecule has 3 rings (SSSR count). The Hall–Kier alpha value is -1.36. The van der Waals surface area contributed by atoms with E-state index in [0.29, 0.717) is 12.6 Å². The van der Waals surface area contributed by atoms with Crippen LogP contribution in [0.2, 0.25) is 0 Å². The van der Waals surface area contributed by atoms with Crippen LogP contribution in [-0.4, -0.2) is 42.4 Å². The molecular weight excluding hydrogens is 230 g/mol. The molecular formula is C13H19N3O2. The second-order valence-corrected chi connectivity index (χ2v) is 4.82. The van der Waals surface area contributed by atoms with E-state index < -0.39 is 0 Å². The minimum Gasteiger partial charge on any atom is -0.486 e. The van der Waals surface area contributed by atoms with Gasteiger partial charge in [0.25, 0.3) is 0 Å². The van der Waals surface area contributed by atoms with Crippen molar-refractivity contribution in [1.82, 2.24) is 9.97 Å². The van der Waals surface area contributed by atoms with Crippen LogP contribution in [0.5, 0.6) is 5.75 Å². The van der Waals surface area contributed by atoms with Crippen LogP contribution in [0, 0.1) is 6.92 Å². The van der Waals surface area contributed by atoms with E-state index in [0.717, 1.165) is 55.7 Å². The molecule has 1 atom stereocenters. The fourth-order valence-corrected chi connectivity index (χ4v) is 2.55. The molecule has 0 bridgehead atoms. The zero-order valence-corrected chi connectivity index (χ0v) is 11.0. The van der Waals surface area contributed by atoms with Crippen molar-refractivity contribution in [3.8, 4) is 5.75 Å². The Kier molecular flexibility index (Phi) is 3.07. The van der Waals surface area contributed by atoms with E-state index in [1.165, 1.54) is 0 Å². The molecule has 0 N–H and O–H groups in total. The van der Waals surface area contributed by atoms with E-state index in [1.54, 1.807) is 0 Å². The van der Waals surface area contributed by atoms with Crippen LogP contribution in [0.25, 0.3) is 0 Å². The normalized spacial score (nSPS) is 22.8. The molecule has 3 heterocycles. The molecule has 5 nitrogen and oxygen atoms in total. The SMILES string of the molecule is CCc1nc(C)c2c(n1)N1CCCOCC1CO2. The van der Waals surface area contributed by atoms with Crippen molar-refractivity contribution in [2.45, 2.75) is 32.7 Å². The third-order valence-electron chi connectivity index (χ3n) is 3.51. The van der Waals surface area contributed by atoms with E-state index in [4.69, 9.17) is 9.47 Å². The van der Waals surface area contributed by atoms with E-state index in [1.807, 2.05) is 6.92 Å². The Bertz CT molecular complexity index is 450. The molecule has 1 saturated heterocycles. The van der Waals surface area contributed by atoms with Gasteiger partial charge in [0.05, 0.1) is 18.3 Å². The van der Waals surface area contributed by atoms with Gasteiger partial charge in [0.15, 0.2) is 11.6 Å². The molecule has 1 fully saturated rings. The molecule has 0 spiro atoms. The van der Waals surface area contributed by atoms with Crippen LogP contribution < -0.4 is 9.64 Å². The summed E-state index contributed by atoms with van der Waals surface area (Å²) in [6.45, 7) is 7.28. The molecule has 1 aromatic rings. The lowest BCUT2D eigenvalue weighted by atomic mass is 10.2. The number of fused-ring (bicyclic) bond motifs is 3. The lowest BCUT2D eigenvalue weighted by Gasteiger charge is -2.36. The van der Waals surface area contributed by atoms with Gasteiger partial charge in [0.2, 0.25) is 0 Å². The predicted octanol–water partition coefficient (Wildman–Crippen LogP) is 1.34. The average Bonchev–Trinajstić information content (AvgIpc) is 2.63. The minimum absolute atomic E-state index is 0.291. The molecule has 18 heavy (non-hydrogen) atoms. The summed E-state index contributed by atoms with van der Waals surface area (Å²) in [5.41, 5.74) is 0.945. The van der Waals surface area contributed by atoms with Crippen molar-refractivity contribution in [3.05, 3.63) is 11.5 Å². The van der Waals surface area contributed by atoms with Gasteiger partial charge in [0.1, 0.15) is 12.4 Å². The Balaban J connectivity index is 2.03. The molecule has 1 unspecified atom stereocenters. The third-order valence-corrected chi connectivity index (χ3v) is 3.51. The third kappa shape index (κ3) is 1.92. The number of ether oxygens (including phenoxy) is 2. The van der Waals surface area contributed by atoms with Gasteiger partial charge in [-0.25, -0.2) is 9.97 Å². The molecule has 2 aliphatic rings. The molecule has 98 valence electrons. The summed E-state index contributed by atoms with van der Waals surface area (Å²) in [6.07, 6.45) is 1.89. The summed E-state index contributed by atoms with van der Waals surface area (Å²) in [5, 5.41) is 0. The maximum atomic E-state index is 5.83. The fourth-order valence-electron chi connectivity index (χ4n) is 2.55. The average molecular weight is 249 g/mol. The summed E-state index contributed by atoms with van der Waals surface area (Å²) in [4.78, 5) is 11.5. The van der Waals surface area contributed by atoms with Crippen molar-refractivity contribution in [3.63, 3.8) is 0 Å². The van der Waals surface area contributed by atoms with Crippen molar-refractivity contribution < 1.29 is 9.47 Å². The van der Waals surface area contributed by atoms with Gasteiger partial charge < -0.3 is 14.4 Å². The highest BCUT2D eigenvalue weighted by molar-refractivity contribution is 5.57. The van der Waals surface area contributed by atoms with Crippen molar-refractivity contribution >= 4 is 5.82 Å². The van der Waals surface area contributed by atoms with E-state index in [2.05, 4.69) is 21.8 Å². The summed E-state index contributed by atoms with van der Waals surface area (Å²) in [7, 11) is 0. The second kappa shape index (κ2) is 4.72. The minimum atomic E-state index is 0.291. The van der Waals surface area contributed by atoms with Gasteiger partial charge >= 0.3 is 0 Å². The lowest BCUT2D eigenvalue weighted by Crippen LogP contribution is -2.45. The molecule has 0 aromatic carbocycles. The van der Waals surface area contributed by atoms with Crippen LogP contribution in [0.4, 0.5) is 5.82 Å². The van der Waals surface area contributed by atoms with Crippen LogP contribution in [0.15, 0.2) is 0 Å². The first-order chi connectivity index (χ1) is 8.79. The summed E-state index contributed by atoms with van der Waals surface area (Å²) in [6, 6.07) is 0.291. The van der Waals surface area contributed by atoms with Crippen LogP contribution in [-0.2, 0) is 11.2 Å². The molecule has 1 aromatic heterocycles. The number of aromatic nitrogens is 2. The molecule has 0 amide bonds. The van der Waals surface area contributed by atoms with Crippen LogP contribution in [0.3, 0.4) is 0 Å². The highest BCUT2D eigenvalue weighted by Crippen LogP contribution is 2.35. The van der Waals surface area contributed by atoms with Gasteiger partial charge in [-0.05, 0) is 13.3 Å². The highest BCUT2D eigenvalue weighted by atomic mass is 16.5. The van der Waals surface area contributed by atoms with Gasteiger partial charge in [0, 0.05) is 19.6 Å². The smallest absolute Gasteiger partial charge is 0.183 e. The number of anilines is 1. The Morgan fingerprint density at radius 1 is 1.33 bits per heavy atom. The number of aryl methyl sites for hydroxylation is 2. The fraction of sp³-hybridized carbons (Fsp3) is 0.692. The maximum Gasteiger partial charge on any atom is 0.183 e. The second-order valence-electron chi connectivity index (χ2n) is 4.82. The lowest BCUT2D eigenvalue weighted by molar-refractivity contribution is 0.114. The van der Waals surface area contributed by atoms with Gasteiger partial charge in [-0.1, -0.05) is 6.92 Å². The predicted molar refractivity (Wildman–Crippen MR) is 68.2 cm³/mol. The van der Waals surface area contributed by atoms with Gasteiger partial charge in [-0.2, -0.15) is 0 Å². The molecule has 2 aliphatic heterocycles. The number of rotatable bonds is 1. The van der Waals surface area contributed by atoms with E-state index >= 15 is 0 Å². The number of hydrogen-bond donors (Lipinski definition) is 0. The molecule has 0 saturated carbocycles. The van der Waals surface area contributed by atoms with Crippen molar-refractivity contribution in [2.24, 2.45) is 0 Å². The van der Waals surface area contributed by atoms with Gasteiger partial charge in [-0.15, -0.1) is 0 Å². The van der Waals surface area contributed by atoms with Crippen molar-refractivity contribution in [1.29, 1.82) is 0 Å². The summed E-state index contributed by atoms with van der Waals surface area (Å²) < 4.78 is 11.4. The summed E-state index contributed by atoms with van der Waals surface area (Å²) in [5.74, 6) is 2.70. The Labute approximate surface area is 107 Å². The van der Waals surface area contributed by atoms with Crippen LogP contribution >= 0.6 is 0 Å². The quantitative estimate of drug-likeness (QED) is 0.751. The number of hydrogen-bond acceptors (Lipinski definition) is 5. The van der Waals surface area contributed by atoms with Gasteiger partial charge in [-0.3, -0.25) is 0 Å². The zero-order valence-electron chi connectivity index (χ0n) is 11.0. The standard InChI is InChI=1S/C13H19N3O2/c1-3-11-14-9(2)12-13(15-11)16-5-4-6-17-7-10(16)8-18-12/h10H,3-8H2,1-2H3. The molecule has 0 radical (unpaired) electrons. The first-order valence-corrected chi connectivity index (χ1v) is 6.64. The first-order valence-electron chi connectivity index (χ1n) is 6.64. The first kappa shape index (κ1) is 11.7. The topological polar surface area (TPSA) is 47.5 Å². The highest BCUT2D eigenvalue weighted by Gasteiger charge is 2.32. The monoisotopic (exact) mass is 249 g/mol. The maximum absolute atomic E-state index is 5.83. The van der Waals surface area contributed by atoms with E-state index in [9.17, 15) is 0 Å². The van der Waals surface area contributed by atoms with Crippen molar-refractivity contribution in [2.75, 3.05) is 31.3 Å². The molecule has 0 aliphatic carbocycles. The number of nitrogens with zero attached hydrogens (tertiary/aromatic N) is 3. The Morgan fingerprint density at radius 2 is 2.22 bits per heavy atom. The summed E-state index contributed by atoms with van der Waals surface area (Å²) >= 11 is 0. The zero-order chi connectivity index (χ0) is 12.5. The van der Waals surface area contributed by atoms with E-state index in [-0.39, 0.29) is 0 Å².